The van der Waals surface area contributed by atoms with E-state index >= 15 is 0 Å². The number of likely N-dealkylation sites (N-methyl/N-ethyl adjacent to an activating group) is 1. The minimum absolute atomic E-state index is 0.102. The van der Waals surface area contributed by atoms with Gasteiger partial charge in [-0.2, -0.15) is 0 Å². The second-order valence-corrected chi connectivity index (χ2v) is 7.08. The van der Waals surface area contributed by atoms with Gasteiger partial charge in [-0.15, -0.1) is 0 Å². The molecule has 2 amide bonds. The molecule has 2 aromatic rings. The third-order valence-corrected chi connectivity index (χ3v) is 5.18. The second-order valence-electron chi connectivity index (χ2n) is 7.08. The Balaban J connectivity index is 1.68. The minimum atomic E-state index is -1.41. The van der Waals surface area contributed by atoms with Gasteiger partial charge in [0.05, 0.1) is 0 Å². The fourth-order valence-corrected chi connectivity index (χ4v) is 3.70. The Morgan fingerprint density at radius 3 is 2.31 bits per heavy atom. The highest BCUT2D eigenvalue weighted by molar-refractivity contribution is 5.90. The van der Waals surface area contributed by atoms with E-state index in [1.54, 1.807) is 30.3 Å². The first-order valence-corrected chi connectivity index (χ1v) is 9.46. The van der Waals surface area contributed by atoms with Crippen molar-refractivity contribution in [1.82, 2.24) is 9.80 Å². The summed E-state index contributed by atoms with van der Waals surface area (Å²) < 4.78 is 5.24. The molecule has 0 aromatic heterocycles. The molecule has 1 fully saturated rings. The number of rotatable bonds is 6. The van der Waals surface area contributed by atoms with Gasteiger partial charge in [0.2, 0.25) is 5.91 Å². The highest BCUT2D eigenvalue weighted by atomic mass is 16.6. The van der Waals surface area contributed by atoms with E-state index in [1.807, 2.05) is 30.3 Å². The summed E-state index contributed by atoms with van der Waals surface area (Å²) in [5.74, 6) is -1.49. The topological polar surface area (TPSA) is 87.2 Å². The molecule has 29 heavy (non-hydrogen) atoms. The number of carbonyl (C=O) groups excluding carboxylic acids is 2. The van der Waals surface area contributed by atoms with Crippen molar-refractivity contribution in [2.75, 3.05) is 20.1 Å². The van der Waals surface area contributed by atoms with E-state index in [2.05, 4.69) is 0 Å². The van der Waals surface area contributed by atoms with E-state index in [9.17, 15) is 19.5 Å². The molecule has 1 aliphatic rings. The Kier molecular flexibility index (Phi) is 6.16. The van der Waals surface area contributed by atoms with Crippen LogP contribution in [0.25, 0.3) is 0 Å². The number of hydrogen-bond acceptors (Lipinski definition) is 4. The highest BCUT2D eigenvalue weighted by Gasteiger charge is 2.51. The molecule has 0 saturated carbocycles. The normalized spacial score (nSPS) is 18.3. The Hall–Kier alpha value is -3.35. The summed E-state index contributed by atoms with van der Waals surface area (Å²) in [5.41, 5.74) is -0.00520. The van der Waals surface area contributed by atoms with Gasteiger partial charge in [-0.05, 0) is 24.0 Å². The molecule has 1 saturated heterocycles. The fourth-order valence-electron chi connectivity index (χ4n) is 3.70. The lowest BCUT2D eigenvalue weighted by Crippen LogP contribution is -2.53. The number of benzene rings is 2. The molecule has 0 radical (unpaired) electrons. The van der Waals surface area contributed by atoms with Crippen LogP contribution in [0.1, 0.15) is 24.0 Å². The molecule has 7 heteroatoms. The number of hydrogen-bond donors (Lipinski definition) is 1. The Bertz CT molecular complexity index is 871. The quantitative estimate of drug-likeness (QED) is 0.811. The highest BCUT2D eigenvalue weighted by Crippen LogP contribution is 2.39. The molecule has 1 heterocycles. The van der Waals surface area contributed by atoms with E-state index in [0.29, 0.717) is 24.9 Å². The number of carbonyl (C=O) groups is 3. The summed E-state index contributed by atoms with van der Waals surface area (Å²) >= 11 is 0. The summed E-state index contributed by atoms with van der Waals surface area (Å²) in [4.78, 5) is 39.9. The predicted molar refractivity (Wildman–Crippen MR) is 106 cm³/mol. The van der Waals surface area contributed by atoms with Crippen LogP contribution < -0.4 is 0 Å². The van der Waals surface area contributed by atoms with Crippen molar-refractivity contribution in [2.24, 2.45) is 0 Å². The number of aliphatic carboxylic acids is 1. The van der Waals surface area contributed by atoms with Crippen LogP contribution in [0, 0.1) is 0 Å². The van der Waals surface area contributed by atoms with Crippen LogP contribution in [0.2, 0.25) is 0 Å². The van der Waals surface area contributed by atoms with Gasteiger partial charge < -0.3 is 19.6 Å². The maximum Gasteiger partial charge on any atom is 0.410 e. The van der Waals surface area contributed by atoms with Crippen molar-refractivity contribution in [1.29, 1.82) is 0 Å². The molecule has 152 valence electrons. The summed E-state index contributed by atoms with van der Waals surface area (Å²) in [6.45, 7) is 0.174. The summed E-state index contributed by atoms with van der Waals surface area (Å²) in [6.07, 6.45) is 0.275. The molecule has 1 N–H and O–H groups in total. The van der Waals surface area contributed by atoms with E-state index in [4.69, 9.17) is 4.74 Å². The average molecular weight is 396 g/mol. The Labute approximate surface area is 169 Å². The van der Waals surface area contributed by atoms with Gasteiger partial charge in [0.15, 0.2) is 5.54 Å². The molecule has 2 aromatic carbocycles. The monoisotopic (exact) mass is 396 g/mol. The van der Waals surface area contributed by atoms with E-state index < -0.39 is 23.5 Å². The first-order valence-electron chi connectivity index (χ1n) is 9.46. The molecule has 0 bridgehead atoms. The second kappa shape index (κ2) is 8.77. The van der Waals surface area contributed by atoms with Gasteiger partial charge in [-0.25, -0.2) is 9.59 Å². The molecular formula is C22H24N2O5. The van der Waals surface area contributed by atoms with E-state index in [0.717, 1.165) is 5.56 Å². The van der Waals surface area contributed by atoms with Gasteiger partial charge in [0.25, 0.3) is 0 Å². The number of carboxylic acids is 1. The van der Waals surface area contributed by atoms with Crippen LogP contribution in [-0.4, -0.2) is 53.0 Å². The third-order valence-electron chi connectivity index (χ3n) is 5.18. The fraction of sp³-hybridized carbons (Fsp3) is 0.318. The Morgan fingerprint density at radius 2 is 1.69 bits per heavy atom. The Morgan fingerprint density at radius 1 is 1.07 bits per heavy atom. The van der Waals surface area contributed by atoms with Gasteiger partial charge in [0, 0.05) is 13.6 Å². The van der Waals surface area contributed by atoms with Crippen molar-refractivity contribution in [3.05, 3.63) is 71.8 Å². The van der Waals surface area contributed by atoms with Crippen LogP contribution in [-0.2, 0) is 26.5 Å². The number of amides is 2. The maximum absolute atomic E-state index is 12.9. The molecular weight excluding hydrogens is 372 g/mol. The lowest BCUT2D eigenvalue weighted by Gasteiger charge is -2.36. The molecule has 0 aliphatic carbocycles. The zero-order chi connectivity index (χ0) is 20.9. The largest absolute Gasteiger partial charge is 0.479 e. The number of likely N-dealkylation sites (tertiary alicyclic amines) is 1. The van der Waals surface area contributed by atoms with E-state index in [-0.39, 0.29) is 13.2 Å². The lowest BCUT2D eigenvalue weighted by atomic mass is 9.87. The van der Waals surface area contributed by atoms with Crippen LogP contribution in [0.15, 0.2) is 60.7 Å². The van der Waals surface area contributed by atoms with Gasteiger partial charge in [0.1, 0.15) is 13.2 Å². The molecule has 1 atom stereocenters. The zero-order valence-electron chi connectivity index (χ0n) is 16.3. The van der Waals surface area contributed by atoms with Crippen molar-refractivity contribution in [3.8, 4) is 0 Å². The minimum Gasteiger partial charge on any atom is -0.479 e. The number of nitrogens with zero attached hydrogens (tertiary/aromatic N) is 2. The summed E-state index contributed by atoms with van der Waals surface area (Å²) in [6, 6.07) is 18.0. The zero-order valence-corrected chi connectivity index (χ0v) is 16.3. The van der Waals surface area contributed by atoms with Gasteiger partial charge in [-0.1, -0.05) is 60.7 Å². The summed E-state index contributed by atoms with van der Waals surface area (Å²) in [5, 5.41) is 9.99. The maximum atomic E-state index is 12.9. The predicted octanol–water partition coefficient (Wildman–Crippen LogP) is 2.86. The number of ether oxygens (including phenoxy) is 1. The van der Waals surface area contributed by atoms with Crippen LogP contribution >= 0.6 is 0 Å². The molecule has 3 rings (SSSR count). The summed E-state index contributed by atoms with van der Waals surface area (Å²) in [7, 11) is 1.46. The van der Waals surface area contributed by atoms with Crippen molar-refractivity contribution < 1.29 is 24.2 Å². The molecule has 7 nitrogen and oxygen atoms in total. The average Bonchev–Trinajstić information content (AvgIpc) is 3.20. The third kappa shape index (κ3) is 4.23. The number of carboxylic acid groups (broad SMARTS) is 1. The lowest BCUT2D eigenvalue weighted by molar-refractivity contribution is -0.157. The van der Waals surface area contributed by atoms with Crippen molar-refractivity contribution in [3.63, 3.8) is 0 Å². The standard InChI is InChI=1S/C22H24N2O5/c1-23(21(28)29-16-17-9-4-2-5-10-17)15-19(25)24-14-8-13-22(24,20(26)27)18-11-6-3-7-12-18/h2-7,9-12H,8,13-16H2,1H3,(H,26,27)/t22-/m1/s1. The van der Waals surface area contributed by atoms with Gasteiger partial charge in [-0.3, -0.25) is 4.79 Å². The molecule has 1 aliphatic heterocycles. The van der Waals surface area contributed by atoms with Crippen molar-refractivity contribution >= 4 is 18.0 Å². The van der Waals surface area contributed by atoms with E-state index in [1.165, 1.54) is 16.8 Å². The van der Waals surface area contributed by atoms with Crippen LogP contribution in [0.4, 0.5) is 4.79 Å². The van der Waals surface area contributed by atoms with Gasteiger partial charge >= 0.3 is 12.1 Å². The first-order chi connectivity index (χ1) is 13.9. The first kappa shape index (κ1) is 20.4. The molecule has 0 spiro atoms. The van der Waals surface area contributed by atoms with Crippen molar-refractivity contribution in [2.45, 2.75) is 25.0 Å². The molecule has 0 unspecified atom stereocenters. The smallest absolute Gasteiger partial charge is 0.410 e. The SMILES string of the molecule is CN(CC(=O)N1CCC[C@]1(C(=O)O)c1ccccc1)C(=O)OCc1ccccc1. The van der Waals surface area contributed by atoms with Crippen LogP contribution in [0.5, 0.6) is 0 Å². The van der Waals surface area contributed by atoms with Crippen LogP contribution in [0.3, 0.4) is 0 Å².